The highest BCUT2D eigenvalue weighted by Crippen LogP contribution is 2.36. The molecule has 0 aliphatic heterocycles. The van der Waals surface area contributed by atoms with Gasteiger partial charge in [-0.15, -0.1) is 11.3 Å². The molecule has 30 heavy (non-hydrogen) atoms. The molecule has 2 rings (SSSR count). The van der Waals surface area contributed by atoms with Crippen LogP contribution in [0.3, 0.4) is 0 Å². The molecule has 0 saturated carbocycles. The number of sulfone groups is 1. The molecule has 2 aromatic rings. The van der Waals surface area contributed by atoms with E-state index < -0.39 is 54.8 Å². The number of halogens is 2. The molecular weight excluding hydrogens is 442 g/mol. The lowest BCUT2D eigenvalue weighted by Crippen LogP contribution is -2.41. The van der Waals surface area contributed by atoms with E-state index in [1.54, 1.807) is 0 Å². The molecule has 8 nitrogen and oxygen atoms in total. The van der Waals surface area contributed by atoms with Crippen molar-refractivity contribution in [2.24, 2.45) is 5.73 Å². The number of alkyl halides is 1. The van der Waals surface area contributed by atoms with Gasteiger partial charge in [-0.3, -0.25) is 14.4 Å². The minimum atomic E-state index is -4.44. The van der Waals surface area contributed by atoms with E-state index in [9.17, 15) is 31.6 Å². The molecule has 162 valence electrons. The predicted octanol–water partition coefficient (Wildman–Crippen LogP) is 2.57. The van der Waals surface area contributed by atoms with E-state index in [1.807, 2.05) is 0 Å². The third-order valence-electron chi connectivity index (χ3n) is 3.85. The number of esters is 1. The minimum Gasteiger partial charge on any atom is -0.450 e. The summed E-state index contributed by atoms with van der Waals surface area (Å²) in [6.07, 6.45) is 0. The van der Waals surface area contributed by atoms with Crippen molar-refractivity contribution in [1.29, 1.82) is 0 Å². The van der Waals surface area contributed by atoms with E-state index in [0.29, 0.717) is 11.3 Å². The number of anilines is 1. The van der Waals surface area contributed by atoms with Crippen molar-refractivity contribution in [1.82, 2.24) is 0 Å². The van der Waals surface area contributed by atoms with Crippen LogP contribution in [0.25, 0.3) is 0 Å². The van der Waals surface area contributed by atoms with E-state index in [1.165, 1.54) is 13.8 Å². The van der Waals surface area contributed by atoms with Crippen LogP contribution in [0.5, 0.6) is 0 Å². The number of hydrogen-bond acceptors (Lipinski definition) is 7. The largest absolute Gasteiger partial charge is 0.450 e. The summed E-state index contributed by atoms with van der Waals surface area (Å²) >= 11 is 0.470. The first kappa shape index (κ1) is 23.4. The zero-order valence-corrected chi connectivity index (χ0v) is 17.7. The van der Waals surface area contributed by atoms with Crippen molar-refractivity contribution in [2.75, 3.05) is 5.32 Å². The lowest BCUT2D eigenvalue weighted by molar-refractivity contribution is -0.160. The zero-order valence-electron chi connectivity index (χ0n) is 16.1. The van der Waals surface area contributed by atoms with E-state index in [2.05, 4.69) is 5.32 Å². The van der Waals surface area contributed by atoms with Crippen LogP contribution in [-0.4, -0.2) is 31.8 Å². The summed E-state index contributed by atoms with van der Waals surface area (Å²) in [6.45, 7) is 2.71. The van der Waals surface area contributed by atoms with E-state index in [-0.39, 0.29) is 16.1 Å². The maximum atomic E-state index is 14.2. The second-order valence-electron chi connectivity index (χ2n) is 6.63. The maximum Gasteiger partial charge on any atom is 0.303 e. The Kier molecular flexibility index (Phi) is 6.62. The number of benzene rings is 1. The van der Waals surface area contributed by atoms with Crippen molar-refractivity contribution in [3.8, 4) is 0 Å². The SMILES string of the molecule is CC(=O)OC(C)(C)C(=O)Nc1sc(S(=O)(=O)c2ccc(CF)cc2F)cc1C(N)=O. The lowest BCUT2D eigenvalue weighted by atomic mass is 10.1. The Labute approximate surface area is 174 Å². The van der Waals surface area contributed by atoms with E-state index in [0.717, 1.165) is 31.2 Å². The summed E-state index contributed by atoms with van der Waals surface area (Å²) in [6, 6.07) is 3.67. The summed E-state index contributed by atoms with van der Waals surface area (Å²) in [5.74, 6) is -3.78. The van der Waals surface area contributed by atoms with Crippen molar-refractivity contribution >= 4 is 44.0 Å². The number of rotatable bonds is 7. The van der Waals surface area contributed by atoms with Gasteiger partial charge in [0, 0.05) is 6.92 Å². The molecule has 0 aliphatic rings. The van der Waals surface area contributed by atoms with Crippen LogP contribution in [0, 0.1) is 5.82 Å². The fraction of sp³-hybridized carbons (Fsp3) is 0.278. The van der Waals surface area contributed by atoms with Gasteiger partial charge in [0.2, 0.25) is 9.84 Å². The van der Waals surface area contributed by atoms with E-state index >= 15 is 0 Å². The summed E-state index contributed by atoms with van der Waals surface area (Å²) in [4.78, 5) is 34.6. The van der Waals surface area contributed by atoms with Crippen molar-refractivity contribution in [3.05, 3.63) is 41.2 Å². The minimum absolute atomic E-state index is 0.0453. The van der Waals surface area contributed by atoms with Crippen molar-refractivity contribution in [2.45, 2.75) is 42.2 Å². The highest BCUT2D eigenvalue weighted by molar-refractivity contribution is 7.93. The van der Waals surface area contributed by atoms with Gasteiger partial charge in [0.25, 0.3) is 11.8 Å². The van der Waals surface area contributed by atoms with Gasteiger partial charge in [0.05, 0.1) is 5.56 Å². The number of ether oxygens (including phenoxy) is 1. The highest BCUT2D eigenvalue weighted by atomic mass is 32.2. The first-order valence-electron chi connectivity index (χ1n) is 8.33. The van der Waals surface area contributed by atoms with Gasteiger partial charge in [-0.2, -0.15) is 0 Å². The first-order valence-corrected chi connectivity index (χ1v) is 10.6. The highest BCUT2D eigenvalue weighted by Gasteiger charge is 2.34. The number of thiophene rings is 1. The van der Waals surface area contributed by atoms with Gasteiger partial charge in [0.15, 0.2) is 5.60 Å². The standard InChI is InChI=1S/C18H18F2N2O6S2/c1-9(23)28-18(2,3)17(25)22-16-11(15(21)24)7-14(29-16)30(26,27)13-5-4-10(8-19)6-12(13)20/h4-7H,8H2,1-3H3,(H2,21,24)(H,22,25). The molecule has 0 saturated heterocycles. The van der Waals surface area contributed by atoms with Crippen molar-refractivity contribution < 1.29 is 36.3 Å². The fourth-order valence-electron chi connectivity index (χ4n) is 2.39. The Balaban J connectivity index is 2.48. The molecule has 0 bridgehead atoms. The van der Waals surface area contributed by atoms with Gasteiger partial charge in [0.1, 0.15) is 26.6 Å². The second kappa shape index (κ2) is 8.48. The summed E-state index contributed by atoms with van der Waals surface area (Å²) in [5, 5.41) is 2.09. The topological polar surface area (TPSA) is 133 Å². The van der Waals surface area contributed by atoms with Crippen LogP contribution in [0.2, 0.25) is 0 Å². The Morgan fingerprint density at radius 3 is 2.37 bits per heavy atom. The Bertz CT molecular complexity index is 1130. The second-order valence-corrected chi connectivity index (χ2v) is 9.83. The van der Waals surface area contributed by atoms with Crippen LogP contribution >= 0.6 is 11.3 Å². The molecule has 0 spiro atoms. The molecule has 12 heteroatoms. The Hall–Kier alpha value is -2.86. The number of carbonyl (C=O) groups excluding carboxylic acids is 3. The predicted molar refractivity (Wildman–Crippen MR) is 104 cm³/mol. The maximum absolute atomic E-state index is 14.2. The number of primary amides is 1. The zero-order chi connectivity index (χ0) is 22.9. The average molecular weight is 460 g/mol. The quantitative estimate of drug-likeness (QED) is 0.610. The molecule has 1 heterocycles. The summed E-state index contributed by atoms with van der Waals surface area (Å²) in [5.41, 5.74) is 3.26. The van der Waals surface area contributed by atoms with E-state index in [4.69, 9.17) is 10.5 Å². The van der Waals surface area contributed by atoms with Crippen LogP contribution in [-0.2, 0) is 30.8 Å². The fourth-order valence-corrected chi connectivity index (χ4v) is 5.19. The van der Waals surface area contributed by atoms with Crippen LogP contribution in [0.1, 0.15) is 36.7 Å². The van der Waals surface area contributed by atoms with Gasteiger partial charge in [-0.05, 0) is 37.6 Å². The average Bonchev–Trinajstić information content (AvgIpc) is 3.05. The van der Waals surface area contributed by atoms with Gasteiger partial charge in [-0.25, -0.2) is 17.2 Å². The molecule has 3 N–H and O–H groups in total. The number of carbonyl (C=O) groups is 3. The molecule has 1 aromatic heterocycles. The molecular formula is C18H18F2N2O6S2. The third-order valence-corrected chi connectivity index (χ3v) is 7.16. The summed E-state index contributed by atoms with van der Waals surface area (Å²) < 4.78 is 56.9. The number of amides is 2. The lowest BCUT2D eigenvalue weighted by Gasteiger charge is -2.22. The third kappa shape index (κ3) is 4.82. The number of nitrogens with one attached hydrogen (secondary N) is 1. The molecule has 2 amide bonds. The summed E-state index contributed by atoms with van der Waals surface area (Å²) in [7, 11) is -4.44. The molecule has 1 aromatic carbocycles. The van der Waals surface area contributed by atoms with Gasteiger partial charge >= 0.3 is 5.97 Å². The number of nitrogens with two attached hydrogens (primary N) is 1. The molecule has 0 atom stereocenters. The van der Waals surface area contributed by atoms with Gasteiger partial charge in [-0.1, -0.05) is 6.07 Å². The monoisotopic (exact) mass is 460 g/mol. The molecule has 0 radical (unpaired) electrons. The molecule has 0 unspecified atom stereocenters. The Morgan fingerprint density at radius 1 is 1.23 bits per heavy atom. The smallest absolute Gasteiger partial charge is 0.303 e. The molecule has 0 aliphatic carbocycles. The number of hydrogen-bond donors (Lipinski definition) is 2. The Morgan fingerprint density at radius 2 is 1.87 bits per heavy atom. The van der Waals surface area contributed by atoms with Crippen LogP contribution in [0.4, 0.5) is 13.8 Å². The first-order chi connectivity index (χ1) is 13.8. The van der Waals surface area contributed by atoms with Crippen LogP contribution < -0.4 is 11.1 Å². The van der Waals surface area contributed by atoms with Crippen molar-refractivity contribution in [3.63, 3.8) is 0 Å². The van der Waals surface area contributed by atoms with Crippen LogP contribution in [0.15, 0.2) is 33.4 Å². The normalized spacial score (nSPS) is 11.8. The molecule has 0 fully saturated rings. The van der Waals surface area contributed by atoms with Gasteiger partial charge < -0.3 is 15.8 Å².